The molecule has 1 aromatic heterocycles. The number of rotatable bonds is 2. The third-order valence-corrected chi connectivity index (χ3v) is 1.91. The Hall–Kier alpha value is -2.17. The molecule has 0 fully saturated rings. The average molecular weight is 189 g/mol. The lowest BCUT2D eigenvalue weighted by molar-refractivity contribution is -0.384. The van der Waals surface area contributed by atoms with Gasteiger partial charge in [0, 0.05) is 23.9 Å². The van der Waals surface area contributed by atoms with Gasteiger partial charge in [-0.3, -0.25) is 15.2 Å². The summed E-state index contributed by atoms with van der Waals surface area (Å²) in [6.07, 6.45) is 3.41. The summed E-state index contributed by atoms with van der Waals surface area (Å²) in [5.41, 5.74) is 1.92. The fraction of sp³-hybridized carbons (Fsp3) is 0. The Labute approximate surface area is 79.5 Å². The number of hydrogen-bond donors (Lipinski definition) is 1. The molecule has 70 valence electrons. The Bertz CT molecular complexity index is 434. The second kappa shape index (κ2) is 3.29. The number of nitro groups is 1. The second-order valence-electron chi connectivity index (χ2n) is 2.79. The molecular formula is C9H7N3O2. The van der Waals surface area contributed by atoms with Crippen molar-refractivity contribution in [3.05, 3.63) is 46.8 Å². The molecule has 1 aromatic carbocycles. The average Bonchev–Trinajstić information content (AvgIpc) is 2.71. The van der Waals surface area contributed by atoms with Gasteiger partial charge in [0.25, 0.3) is 5.69 Å². The van der Waals surface area contributed by atoms with Gasteiger partial charge in [0.05, 0.1) is 11.1 Å². The molecule has 5 heteroatoms. The molecular weight excluding hydrogens is 182 g/mol. The van der Waals surface area contributed by atoms with Crippen LogP contribution in [0.1, 0.15) is 0 Å². The summed E-state index contributed by atoms with van der Waals surface area (Å²) in [4.78, 5) is 9.97. The van der Waals surface area contributed by atoms with Crippen LogP contribution in [0, 0.1) is 10.1 Å². The molecule has 0 aliphatic carbocycles. The number of H-pyrrole nitrogens is 1. The highest BCUT2D eigenvalue weighted by molar-refractivity contribution is 5.62. The normalized spacial score (nSPS) is 10.0. The number of nitrogens with one attached hydrogen (secondary N) is 1. The van der Waals surface area contributed by atoms with Gasteiger partial charge in [-0.25, -0.2) is 0 Å². The van der Waals surface area contributed by atoms with Gasteiger partial charge in [0.15, 0.2) is 0 Å². The lowest BCUT2D eigenvalue weighted by atomic mass is 10.1. The van der Waals surface area contributed by atoms with E-state index < -0.39 is 4.92 Å². The van der Waals surface area contributed by atoms with Gasteiger partial charge in [-0.05, 0) is 17.7 Å². The summed E-state index contributed by atoms with van der Waals surface area (Å²) >= 11 is 0. The molecule has 1 N–H and O–H groups in total. The molecule has 0 aliphatic rings. The van der Waals surface area contributed by atoms with Crippen LogP contribution in [0.2, 0.25) is 0 Å². The molecule has 0 atom stereocenters. The van der Waals surface area contributed by atoms with Crippen LogP contribution in [0.15, 0.2) is 36.7 Å². The fourth-order valence-corrected chi connectivity index (χ4v) is 1.18. The van der Waals surface area contributed by atoms with Crippen LogP contribution in [-0.2, 0) is 0 Å². The minimum absolute atomic E-state index is 0.0947. The Morgan fingerprint density at radius 3 is 2.43 bits per heavy atom. The van der Waals surface area contributed by atoms with Crippen LogP contribution in [0.4, 0.5) is 5.69 Å². The number of benzene rings is 1. The van der Waals surface area contributed by atoms with Gasteiger partial charge < -0.3 is 0 Å². The van der Waals surface area contributed by atoms with Gasteiger partial charge in [-0.15, -0.1) is 0 Å². The van der Waals surface area contributed by atoms with E-state index in [1.807, 2.05) is 0 Å². The Balaban J connectivity index is 2.36. The first-order chi connectivity index (χ1) is 6.77. The molecule has 2 rings (SSSR count). The zero-order valence-corrected chi connectivity index (χ0v) is 7.18. The number of hydrogen-bond acceptors (Lipinski definition) is 3. The number of nitrogens with zero attached hydrogens (tertiary/aromatic N) is 2. The lowest BCUT2D eigenvalue weighted by Crippen LogP contribution is -1.86. The van der Waals surface area contributed by atoms with Crippen LogP contribution in [-0.4, -0.2) is 15.1 Å². The number of aromatic amines is 1. The smallest absolute Gasteiger partial charge is 0.269 e. The highest BCUT2D eigenvalue weighted by atomic mass is 16.6. The van der Waals surface area contributed by atoms with Crippen molar-refractivity contribution in [2.75, 3.05) is 0 Å². The van der Waals surface area contributed by atoms with E-state index in [0.29, 0.717) is 0 Å². The van der Waals surface area contributed by atoms with E-state index in [4.69, 9.17) is 0 Å². The fourth-order valence-electron chi connectivity index (χ4n) is 1.18. The minimum atomic E-state index is -0.418. The van der Waals surface area contributed by atoms with E-state index in [1.165, 1.54) is 12.1 Å². The van der Waals surface area contributed by atoms with Crippen molar-refractivity contribution >= 4 is 5.69 Å². The molecule has 14 heavy (non-hydrogen) atoms. The van der Waals surface area contributed by atoms with Crippen LogP contribution < -0.4 is 0 Å². The largest absolute Gasteiger partial charge is 0.285 e. The predicted molar refractivity (Wildman–Crippen MR) is 50.7 cm³/mol. The molecule has 2 aromatic rings. The maximum atomic E-state index is 10.4. The zero-order valence-electron chi connectivity index (χ0n) is 7.18. The number of aromatic nitrogens is 2. The Kier molecular flexibility index (Phi) is 1.98. The Morgan fingerprint density at radius 1 is 1.21 bits per heavy atom. The topological polar surface area (TPSA) is 71.8 Å². The molecule has 0 saturated carbocycles. The molecule has 0 radical (unpaired) electrons. The van der Waals surface area contributed by atoms with E-state index >= 15 is 0 Å². The molecule has 0 spiro atoms. The molecule has 0 aliphatic heterocycles. The van der Waals surface area contributed by atoms with Crippen molar-refractivity contribution in [3.63, 3.8) is 0 Å². The van der Waals surface area contributed by atoms with Crippen molar-refractivity contribution in [1.82, 2.24) is 10.2 Å². The summed E-state index contributed by atoms with van der Waals surface area (Å²) in [7, 11) is 0. The maximum Gasteiger partial charge on any atom is 0.269 e. The molecule has 1 heterocycles. The van der Waals surface area contributed by atoms with Crippen molar-refractivity contribution in [2.24, 2.45) is 0 Å². The van der Waals surface area contributed by atoms with Gasteiger partial charge in [-0.2, -0.15) is 5.10 Å². The van der Waals surface area contributed by atoms with Crippen molar-refractivity contribution in [2.45, 2.75) is 0 Å². The number of nitro benzene ring substituents is 1. The van der Waals surface area contributed by atoms with Crippen molar-refractivity contribution < 1.29 is 4.92 Å². The molecule has 0 bridgehead atoms. The van der Waals surface area contributed by atoms with E-state index in [-0.39, 0.29) is 5.69 Å². The van der Waals surface area contributed by atoms with Gasteiger partial charge in [0.2, 0.25) is 0 Å². The maximum absolute atomic E-state index is 10.4. The van der Waals surface area contributed by atoms with Crippen LogP contribution in [0.25, 0.3) is 11.1 Å². The van der Waals surface area contributed by atoms with Crippen molar-refractivity contribution in [3.8, 4) is 11.1 Å². The lowest BCUT2D eigenvalue weighted by Gasteiger charge is -1.95. The SMILES string of the molecule is O=[N+]([O-])c1ccc(-c2cn[nH]c2)cc1. The van der Waals surface area contributed by atoms with E-state index in [0.717, 1.165) is 11.1 Å². The van der Waals surface area contributed by atoms with Crippen molar-refractivity contribution in [1.29, 1.82) is 0 Å². The van der Waals surface area contributed by atoms with E-state index in [1.54, 1.807) is 24.5 Å². The second-order valence-corrected chi connectivity index (χ2v) is 2.79. The van der Waals surface area contributed by atoms with E-state index in [9.17, 15) is 10.1 Å². The highest BCUT2D eigenvalue weighted by Gasteiger charge is 2.04. The summed E-state index contributed by atoms with van der Waals surface area (Å²) in [6, 6.07) is 6.34. The predicted octanol–water partition coefficient (Wildman–Crippen LogP) is 1.98. The minimum Gasteiger partial charge on any atom is -0.285 e. The first-order valence-electron chi connectivity index (χ1n) is 4.01. The third-order valence-electron chi connectivity index (χ3n) is 1.91. The highest BCUT2D eigenvalue weighted by Crippen LogP contribution is 2.20. The first kappa shape index (κ1) is 8.43. The molecule has 5 nitrogen and oxygen atoms in total. The molecule has 0 amide bonds. The summed E-state index contributed by atoms with van der Waals surface area (Å²) in [5, 5.41) is 16.9. The summed E-state index contributed by atoms with van der Waals surface area (Å²) in [6.45, 7) is 0. The van der Waals surface area contributed by atoms with E-state index in [2.05, 4.69) is 10.2 Å². The zero-order chi connectivity index (χ0) is 9.97. The van der Waals surface area contributed by atoms with Gasteiger partial charge >= 0.3 is 0 Å². The standard InChI is InChI=1S/C9H7N3O2/c13-12(14)9-3-1-7(2-4-9)8-5-10-11-6-8/h1-6H,(H,10,11). The van der Waals surface area contributed by atoms with Crippen LogP contribution in [0.5, 0.6) is 0 Å². The van der Waals surface area contributed by atoms with Gasteiger partial charge in [-0.1, -0.05) is 0 Å². The summed E-state index contributed by atoms with van der Waals surface area (Å²) < 4.78 is 0. The quantitative estimate of drug-likeness (QED) is 0.580. The summed E-state index contributed by atoms with van der Waals surface area (Å²) in [5.74, 6) is 0. The molecule has 0 unspecified atom stereocenters. The first-order valence-corrected chi connectivity index (χ1v) is 4.01. The van der Waals surface area contributed by atoms with Gasteiger partial charge in [0.1, 0.15) is 0 Å². The van der Waals surface area contributed by atoms with Crippen LogP contribution >= 0.6 is 0 Å². The monoisotopic (exact) mass is 189 g/mol. The third kappa shape index (κ3) is 1.47. The van der Waals surface area contributed by atoms with Crippen LogP contribution in [0.3, 0.4) is 0 Å². The molecule has 0 saturated heterocycles. The Morgan fingerprint density at radius 2 is 1.93 bits per heavy atom. The number of non-ortho nitro benzene ring substituents is 1.